The van der Waals surface area contributed by atoms with Crippen LogP contribution in [0.1, 0.15) is 50.9 Å². The zero-order valence-corrected chi connectivity index (χ0v) is 19.3. The van der Waals surface area contributed by atoms with Crippen molar-refractivity contribution in [3.63, 3.8) is 0 Å². The Hall–Kier alpha value is -3.29. The van der Waals surface area contributed by atoms with Crippen LogP contribution in [0.3, 0.4) is 0 Å². The third kappa shape index (κ3) is 4.09. The van der Waals surface area contributed by atoms with Crippen molar-refractivity contribution in [2.75, 3.05) is 5.32 Å². The highest BCUT2D eigenvalue weighted by molar-refractivity contribution is 7.16. The first-order valence-electron chi connectivity index (χ1n) is 10.0. The SMILES string of the molecule is Cc1c(Cl)ccc2c(C(=O)Nc3sc(C(C)C)cc3C(N)=O)cc(-c3ccncc3)nc12. The van der Waals surface area contributed by atoms with Gasteiger partial charge in [-0.25, -0.2) is 4.98 Å². The van der Waals surface area contributed by atoms with Crippen molar-refractivity contribution in [1.82, 2.24) is 9.97 Å². The zero-order chi connectivity index (χ0) is 23.0. The van der Waals surface area contributed by atoms with Crippen LogP contribution < -0.4 is 11.1 Å². The molecule has 3 heterocycles. The number of rotatable bonds is 5. The number of carbonyl (C=O) groups excluding carboxylic acids is 2. The molecule has 3 N–H and O–H groups in total. The van der Waals surface area contributed by atoms with Crippen LogP contribution in [0.4, 0.5) is 5.00 Å². The fourth-order valence-electron chi connectivity index (χ4n) is 3.40. The molecule has 0 saturated carbocycles. The maximum atomic E-state index is 13.4. The van der Waals surface area contributed by atoms with Gasteiger partial charge >= 0.3 is 0 Å². The van der Waals surface area contributed by atoms with Gasteiger partial charge in [0.1, 0.15) is 5.00 Å². The van der Waals surface area contributed by atoms with E-state index in [-0.39, 0.29) is 11.8 Å². The van der Waals surface area contributed by atoms with Gasteiger partial charge in [-0.1, -0.05) is 31.5 Å². The molecule has 4 aromatic rings. The molecule has 8 heteroatoms. The molecule has 0 bridgehead atoms. The number of thiophene rings is 1. The van der Waals surface area contributed by atoms with Gasteiger partial charge in [0.05, 0.1) is 22.3 Å². The predicted octanol–water partition coefficient (Wildman–Crippen LogP) is 5.79. The van der Waals surface area contributed by atoms with E-state index < -0.39 is 5.91 Å². The number of aryl methyl sites for hydroxylation is 1. The van der Waals surface area contributed by atoms with Crippen molar-refractivity contribution in [2.45, 2.75) is 26.7 Å². The lowest BCUT2D eigenvalue weighted by molar-refractivity contribution is 0.100. The summed E-state index contributed by atoms with van der Waals surface area (Å²) in [6, 6.07) is 10.7. The van der Waals surface area contributed by atoms with Gasteiger partial charge in [0.2, 0.25) is 0 Å². The molecule has 1 aromatic carbocycles. The Morgan fingerprint density at radius 1 is 1.09 bits per heavy atom. The fourth-order valence-corrected chi connectivity index (χ4v) is 4.62. The smallest absolute Gasteiger partial charge is 0.257 e. The molecule has 0 spiro atoms. The Bertz CT molecular complexity index is 1350. The van der Waals surface area contributed by atoms with E-state index in [1.54, 1.807) is 36.7 Å². The average Bonchev–Trinajstić information content (AvgIpc) is 3.21. The van der Waals surface area contributed by atoms with E-state index in [1.165, 1.54) is 11.3 Å². The second kappa shape index (κ2) is 8.68. The number of carbonyl (C=O) groups is 2. The molecule has 0 aliphatic carbocycles. The summed E-state index contributed by atoms with van der Waals surface area (Å²) in [4.78, 5) is 35.2. The van der Waals surface area contributed by atoms with Crippen LogP contribution >= 0.6 is 22.9 Å². The second-order valence-corrected chi connectivity index (χ2v) is 9.22. The Morgan fingerprint density at radius 2 is 1.81 bits per heavy atom. The van der Waals surface area contributed by atoms with Gasteiger partial charge in [-0.3, -0.25) is 14.6 Å². The Balaban J connectivity index is 1.86. The number of primary amides is 1. The second-order valence-electron chi connectivity index (χ2n) is 7.72. The lowest BCUT2D eigenvalue weighted by Gasteiger charge is -2.12. The normalized spacial score (nSPS) is 11.2. The summed E-state index contributed by atoms with van der Waals surface area (Å²) in [5.41, 5.74) is 9.16. The first-order valence-corrected chi connectivity index (χ1v) is 11.2. The lowest BCUT2D eigenvalue weighted by Crippen LogP contribution is -2.17. The molecule has 162 valence electrons. The Kier molecular flexibility index (Phi) is 5.95. The molecule has 32 heavy (non-hydrogen) atoms. The minimum atomic E-state index is -0.580. The Labute approximate surface area is 194 Å². The van der Waals surface area contributed by atoms with E-state index in [0.717, 1.165) is 16.0 Å². The first kappa shape index (κ1) is 21.9. The number of halogens is 1. The van der Waals surface area contributed by atoms with E-state index in [4.69, 9.17) is 22.3 Å². The minimum absolute atomic E-state index is 0.202. The molecule has 2 amide bonds. The van der Waals surface area contributed by atoms with Crippen LogP contribution in [0, 0.1) is 6.92 Å². The predicted molar refractivity (Wildman–Crippen MR) is 130 cm³/mol. The molecule has 0 saturated heterocycles. The maximum absolute atomic E-state index is 13.4. The van der Waals surface area contributed by atoms with Gasteiger partial charge in [-0.15, -0.1) is 11.3 Å². The number of nitrogens with zero attached hydrogens (tertiary/aromatic N) is 2. The third-order valence-electron chi connectivity index (χ3n) is 5.20. The monoisotopic (exact) mass is 464 g/mol. The summed E-state index contributed by atoms with van der Waals surface area (Å²) >= 11 is 7.69. The van der Waals surface area contributed by atoms with Crippen molar-refractivity contribution in [3.8, 4) is 11.3 Å². The number of anilines is 1. The number of hydrogen-bond acceptors (Lipinski definition) is 5. The number of nitrogens with two attached hydrogens (primary N) is 1. The summed E-state index contributed by atoms with van der Waals surface area (Å²) in [5, 5.41) is 4.57. The van der Waals surface area contributed by atoms with E-state index in [0.29, 0.717) is 37.7 Å². The van der Waals surface area contributed by atoms with Gasteiger partial charge in [-0.2, -0.15) is 0 Å². The van der Waals surface area contributed by atoms with Crippen molar-refractivity contribution < 1.29 is 9.59 Å². The summed E-state index contributed by atoms with van der Waals surface area (Å²) in [6.45, 7) is 5.91. The van der Waals surface area contributed by atoms with Gasteiger partial charge < -0.3 is 11.1 Å². The van der Waals surface area contributed by atoms with Crippen LogP contribution in [-0.4, -0.2) is 21.8 Å². The number of pyridine rings is 2. The summed E-state index contributed by atoms with van der Waals surface area (Å²) in [7, 11) is 0. The van der Waals surface area contributed by atoms with Crippen LogP contribution in [-0.2, 0) is 0 Å². The van der Waals surface area contributed by atoms with Gasteiger partial charge in [-0.05, 0) is 48.7 Å². The van der Waals surface area contributed by atoms with Gasteiger partial charge in [0.25, 0.3) is 11.8 Å². The van der Waals surface area contributed by atoms with Gasteiger partial charge in [0.15, 0.2) is 0 Å². The number of hydrogen-bond donors (Lipinski definition) is 2. The molecule has 4 rings (SSSR count). The van der Waals surface area contributed by atoms with Crippen molar-refractivity contribution >= 4 is 50.7 Å². The molecule has 0 unspecified atom stereocenters. The Morgan fingerprint density at radius 3 is 2.47 bits per heavy atom. The van der Waals surface area contributed by atoms with E-state index in [1.807, 2.05) is 32.9 Å². The molecule has 0 atom stereocenters. The summed E-state index contributed by atoms with van der Waals surface area (Å²) in [6.07, 6.45) is 3.34. The number of fused-ring (bicyclic) bond motifs is 1. The number of aromatic nitrogens is 2. The van der Waals surface area contributed by atoms with Crippen molar-refractivity contribution in [1.29, 1.82) is 0 Å². The topological polar surface area (TPSA) is 98.0 Å². The third-order valence-corrected chi connectivity index (χ3v) is 6.96. The molecular weight excluding hydrogens is 444 g/mol. The molecule has 0 aliphatic heterocycles. The standard InChI is InChI=1S/C24H21ClN4O2S/c1-12(2)20-11-17(22(26)30)24(32-20)29-23(31)16-10-19(14-6-8-27-9-7-14)28-21-13(3)18(25)5-4-15(16)21/h4-12H,1-3H3,(H2,26,30)(H,29,31). The van der Waals surface area contributed by atoms with Crippen molar-refractivity contribution in [3.05, 3.63) is 75.4 Å². The molecule has 0 radical (unpaired) electrons. The molecule has 3 aromatic heterocycles. The number of amides is 2. The van der Waals surface area contributed by atoms with E-state index in [9.17, 15) is 9.59 Å². The molecular formula is C24H21ClN4O2S. The number of nitrogens with one attached hydrogen (secondary N) is 1. The van der Waals surface area contributed by atoms with Crippen LogP contribution in [0.15, 0.2) is 48.8 Å². The maximum Gasteiger partial charge on any atom is 0.257 e. The summed E-state index contributed by atoms with van der Waals surface area (Å²) < 4.78 is 0. The lowest BCUT2D eigenvalue weighted by atomic mass is 10.0. The summed E-state index contributed by atoms with van der Waals surface area (Å²) in [5.74, 6) is -0.731. The average molecular weight is 465 g/mol. The zero-order valence-electron chi connectivity index (χ0n) is 17.8. The van der Waals surface area contributed by atoms with E-state index >= 15 is 0 Å². The van der Waals surface area contributed by atoms with Crippen LogP contribution in [0.2, 0.25) is 5.02 Å². The quantitative estimate of drug-likeness (QED) is 0.390. The largest absolute Gasteiger partial charge is 0.366 e. The number of benzene rings is 1. The fraction of sp³-hybridized carbons (Fsp3) is 0.167. The highest BCUT2D eigenvalue weighted by Gasteiger charge is 2.21. The first-order chi connectivity index (χ1) is 15.3. The van der Waals surface area contributed by atoms with Crippen LogP contribution in [0.5, 0.6) is 0 Å². The molecule has 0 aliphatic rings. The highest BCUT2D eigenvalue weighted by Crippen LogP contribution is 2.34. The van der Waals surface area contributed by atoms with Crippen LogP contribution in [0.25, 0.3) is 22.2 Å². The molecule has 6 nitrogen and oxygen atoms in total. The highest BCUT2D eigenvalue weighted by atomic mass is 35.5. The molecule has 0 fully saturated rings. The van der Waals surface area contributed by atoms with Gasteiger partial charge in [0, 0.05) is 33.2 Å². The van der Waals surface area contributed by atoms with E-state index in [2.05, 4.69) is 10.3 Å². The minimum Gasteiger partial charge on any atom is -0.366 e. The van der Waals surface area contributed by atoms with Crippen molar-refractivity contribution in [2.24, 2.45) is 5.73 Å².